The minimum Gasteiger partial charge on any atom is -0.395 e. The van der Waals surface area contributed by atoms with Crippen LogP contribution in [-0.4, -0.2) is 54.4 Å². The van der Waals surface area contributed by atoms with Crippen LogP contribution in [0.25, 0.3) is 0 Å². The Kier molecular flexibility index (Phi) is 6.07. The second-order valence-electron chi connectivity index (χ2n) is 4.11. The fourth-order valence-corrected chi connectivity index (χ4v) is 1.77. The van der Waals surface area contributed by atoms with Gasteiger partial charge in [-0.05, 0) is 19.2 Å². The topological polar surface area (TPSA) is 71.6 Å². The molecule has 1 rings (SSSR count). The first-order chi connectivity index (χ1) is 8.19. The van der Waals surface area contributed by atoms with Crippen molar-refractivity contribution in [3.8, 4) is 0 Å². The molecule has 0 aliphatic rings. The fourth-order valence-electron chi connectivity index (χ4n) is 1.77. The number of methoxy groups -OCH3 is 1. The quantitative estimate of drug-likeness (QED) is 0.692. The van der Waals surface area contributed by atoms with Crippen molar-refractivity contribution < 1.29 is 9.84 Å². The zero-order valence-electron chi connectivity index (χ0n) is 10.4. The number of aromatic nitrogens is 1. The number of aliphatic hydroxyl groups excluding tert-OH is 1. The van der Waals surface area contributed by atoms with E-state index in [1.807, 2.05) is 30.1 Å². The standard InChI is InChI=1S/C12H21N3O2/c1-15(7-10-5-3-4-6-14-10)12(8-16)11(13)9-17-2/h3-6,11-12,16H,7-9,13H2,1-2H3. The van der Waals surface area contributed by atoms with Crippen LogP contribution in [0, 0.1) is 0 Å². The van der Waals surface area contributed by atoms with Crippen LogP contribution < -0.4 is 5.73 Å². The molecule has 0 radical (unpaired) electrons. The first-order valence-electron chi connectivity index (χ1n) is 5.64. The van der Waals surface area contributed by atoms with E-state index in [-0.39, 0.29) is 18.7 Å². The Balaban J connectivity index is 2.57. The van der Waals surface area contributed by atoms with Gasteiger partial charge in [-0.15, -0.1) is 0 Å². The number of nitrogens with zero attached hydrogens (tertiary/aromatic N) is 2. The Morgan fingerprint density at radius 2 is 2.29 bits per heavy atom. The first kappa shape index (κ1) is 14.1. The number of likely N-dealkylation sites (N-methyl/N-ethyl adjacent to an activating group) is 1. The van der Waals surface area contributed by atoms with Crippen LogP contribution in [0.2, 0.25) is 0 Å². The summed E-state index contributed by atoms with van der Waals surface area (Å²) in [5.41, 5.74) is 6.90. The van der Waals surface area contributed by atoms with Gasteiger partial charge in [-0.2, -0.15) is 0 Å². The molecule has 17 heavy (non-hydrogen) atoms. The van der Waals surface area contributed by atoms with Crippen LogP contribution in [0.4, 0.5) is 0 Å². The first-order valence-corrected chi connectivity index (χ1v) is 5.64. The monoisotopic (exact) mass is 239 g/mol. The molecule has 0 bridgehead atoms. The summed E-state index contributed by atoms with van der Waals surface area (Å²) in [5, 5.41) is 9.37. The van der Waals surface area contributed by atoms with Crippen molar-refractivity contribution in [1.82, 2.24) is 9.88 Å². The number of hydrogen-bond acceptors (Lipinski definition) is 5. The van der Waals surface area contributed by atoms with Gasteiger partial charge in [0.2, 0.25) is 0 Å². The van der Waals surface area contributed by atoms with Gasteiger partial charge in [-0.25, -0.2) is 0 Å². The minimum absolute atomic E-state index is 0.00780. The molecule has 1 aromatic heterocycles. The second-order valence-corrected chi connectivity index (χ2v) is 4.11. The van der Waals surface area contributed by atoms with Gasteiger partial charge < -0.3 is 15.6 Å². The molecule has 0 fully saturated rings. The molecule has 0 aliphatic heterocycles. The third kappa shape index (κ3) is 4.40. The predicted molar refractivity (Wildman–Crippen MR) is 66.4 cm³/mol. The number of nitrogens with two attached hydrogens (primary N) is 1. The molecule has 2 unspecified atom stereocenters. The Bertz CT molecular complexity index is 308. The van der Waals surface area contributed by atoms with Crippen LogP contribution in [0.3, 0.4) is 0 Å². The molecular weight excluding hydrogens is 218 g/mol. The number of pyridine rings is 1. The lowest BCUT2D eigenvalue weighted by Crippen LogP contribution is -2.50. The van der Waals surface area contributed by atoms with E-state index in [1.54, 1.807) is 13.3 Å². The highest BCUT2D eigenvalue weighted by Gasteiger charge is 2.21. The van der Waals surface area contributed by atoms with E-state index in [9.17, 15) is 5.11 Å². The van der Waals surface area contributed by atoms with Crippen LogP contribution >= 0.6 is 0 Å². The van der Waals surface area contributed by atoms with Crippen molar-refractivity contribution >= 4 is 0 Å². The summed E-state index contributed by atoms with van der Waals surface area (Å²) in [6.45, 7) is 1.09. The molecule has 0 saturated heterocycles. The smallest absolute Gasteiger partial charge is 0.0629 e. The Morgan fingerprint density at radius 3 is 2.82 bits per heavy atom. The normalized spacial score (nSPS) is 14.9. The number of hydrogen-bond donors (Lipinski definition) is 2. The van der Waals surface area contributed by atoms with Crippen LogP contribution in [0.1, 0.15) is 5.69 Å². The number of ether oxygens (including phenoxy) is 1. The number of aliphatic hydroxyl groups is 1. The molecule has 96 valence electrons. The molecule has 3 N–H and O–H groups in total. The number of rotatable bonds is 7. The molecule has 5 heteroatoms. The molecule has 1 aromatic rings. The highest BCUT2D eigenvalue weighted by atomic mass is 16.5. The maximum Gasteiger partial charge on any atom is 0.0629 e. The van der Waals surface area contributed by atoms with Gasteiger partial charge >= 0.3 is 0 Å². The average molecular weight is 239 g/mol. The van der Waals surface area contributed by atoms with Crippen LogP contribution in [-0.2, 0) is 11.3 Å². The molecule has 1 heterocycles. The Labute approximate surface area is 102 Å². The Hall–Kier alpha value is -1.01. The zero-order chi connectivity index (χ0) is 12.7. The van der Waals surface area contributed by atoms with E-state index in [0.717, 1.165) is 5.69 Å². The van der Waals surface area contributed by atoms with Crippen molar-refractivity contribution in [1.29, 1.82) is 0 Å². The second kappa shape index (κ2) is 7.34. The van der Waals surface area contributed by atoms with Crippen molar-refractivity contribution in [2.75, 3.05) is 27.4 Å². The highest BCUT2D eigenvalue weighted by molar-refractivity contribution is 5.03. The van der Waals surface area contributed by atoms with Gasteiger partial charge in [0.1, 0.15) is 0 Å². The van der Waals surface area contributed by atoms with Crippen LogP contribution in [0.5, 0.6) is 0 Å². The lowest BCUT2D eigenvalue weighted by Gasteiger charge is -2.30. The zero-order valence-corrected chi connectivity index (χ0v) is 10.4. The summed E-state index contributed by atoms with van der Waals surface area (Å²) in [6.07, 6.45) is 1.76. The average Bonchev–Trinajstić information content (AvgIpc) is 2.31. The van der Waals surface area contributed by atoms with Gasteiger partial charge in [-0.3, -0.25) is 9.88 Å². The lowest BCUT2D eigenvalue weighted by atomic mass is 10.1. The summed E-state index contributed by atoms with van der Waals surface area (Å²) in [4.78, 5) is 6.24. The van der Waals surface area contributed by atoms with Crippen LogP contribution in [0.15, 0.2) is 24.4 Å². The summed E-state index contributed by atoms with van der Waals surface area (Å²) in [7, 11) is 3.53. The van der Waals surface area contributed by atoms with Gasteiger partial charge in [-0.1, -0.05) is 6.07 Å². The fraction of sp³-hybridized carbons (Fsp3) is 0.583. The molecule has 5 nitrogen and oxygen atoms in total. The molecule has 0 aliphatic carbocycles. The van der Waals surface area contributed by atoms with E-state index in [2.05, 4.69) is 4.98 Å². The van der Waals surface area contributed by atoms with Crippen molar-refractivity contribution in [3.05, 3.63) is 30.1 Å². The highest BCUT2D eigenvalue weighted by Crippen LogP contribution is 2.06. The molecule has 0 amide bonds. The molecule has 0 aromatic carbocycles. The molecule has 0 spiro atoms. The van der Waals surface area contributed by atoms with E-state index in [0.29, 0.717) is 13.2 Å². The molecule has 0 saturated carbocycles. The van der Waals surface area contributed by atoms with E-state index < -0.39 is 0 Å². The molecule has 2 atom stereocenters. The van der Waals surface area contributed by atoms with Crippen molar-refractivity contribution in [2.24, 2.45) is 5.73 Å². The maximum atomic E-state index is 9.37. The van der Waals surface area contributed by atoms with Crippen molar-refractivity contribution in [2.45, 2.75) is 18.6 Å². The van der Waals surface area contributed by atoms with Gasteiger partial charge in [0.15, 0.2) is 0 Å². The summed E-state index contributed by atoms with van der Waals surface area (Å²) >= 11 is 0. The third-order valence-corrected chi connectivity index (χ3v) is 2.74. The maximum absolute atomic E-state index is 9.37. The predicted octanol–water partition coefficient (Wildman–Crippen LogP) is -0.152. The van der Waals surface area contributed by atoms with Gasteiger partial charge in [0.05, 0.1) is 24.9 Å². The van der Waals surface area contributed by atoms with Gasteiger partial charge in [0.25, 0.3) is 0 Å². The minimum atomic E-state index is -0.210. The van der Waals surface area contributed by atoms with Crippen molar-refractivity contribution in [3.63, 3.8) is 0 Å². The summed E-state index contributed by atoms with van der Waals surface area (Å²) in [5.74, 6) is 0. The summed E-state index contributed by atoms with van der Waals surface area (Å²) in [6, 6.07) is 5.44. The van der Waals surface area contributed by atoms with E-state index >= 15 is 0 Å². The SMILES string of the molecule is COCC(N)C(CO)N(C)Cc1ccccn1. The largest absolute Gasteiger partial charge is 0.395 e. The summed E-state index contributed by atoms with van der Waals surface area (Å²) < 4.78 is 5.01. The lowest BCUT2D eigenvalue weighted by molar-refractivity contribution is 0.0811. The third-order valence-electron chi connectivity index (χ3n) is 2.74. The van der Waals surface area contributed by atoms with E-state index in [4.69, 9.17) is 10.5 Å². The van der Waals surface area contributed by atoms with Gasteiger partial charge in [0, 0.05) is 25.9 Å². The molecular formula is C12H21N3O2. The Morgan fingerprint density at radius 1 is 1.53 bits per heavy atom. The van der Waals surface area contributed by atoms with E-state index in [1.165, 1.54) is 0 Å².